The molecule has 0 aliphatic carbocycles. The Kier molecular flexibility index (Phi) is 5.15. The number of aryl methyl sites for hydroxylation is 1. The summed E-state index contributed by atoms with van der Waals surface area (Å²) in [6.45, 7) is 1.84. The smallest absolute Gasteiger partial charge is 0.229 e. The van der Waals surface area contributed by atoms with Crippen LogP contribution in [0.3, 0.4) is 0 Å². The number of hydrogen-bond donors (Lipinski definition) is 2. The van der Waals surface area contributed by atoms with Gasteiger partial charge in [0.25, 0.3) is 0 Å². The van der Waals surface area contributed by atoms with Gasteiger partial charge in [0.1, 0.15) is 12.2 Å². The highest BCUT2D eigenvalue weighted by molar-refractivity contribution is 7.92. The first-order valence-electron chi connectivity index (χ1n) is 9.03. The summed E-state index contributed by atoms with van der Waals surface area (Å²) in [6, 6.07) is 16.4. The van der Waals surface area contributed by atoms with Crippen LogP contribution in [0.25, 0.3) is 16.9 Å². The van der Waals surface area contributed by atoms with E-state index in [0.717, 1.165) is 23.2 Å². The van der Waals surface area contributed by atoms with Crippen molar-refractivity contribution in [2.75, 3.05) is 16.3 Å². The topological polar surface area (TPSA) is 115 Å². The minimum Gasteiger partial charge on any atom is -0.324 e. The third-order valence-electron chi connectivity index (χ3n) is 4.13. The summed E-state index contributed by atoms with van der Waals surface area (Å²) in [4.78, 5) is 12.9. The molecule has 0 bridgehead atoms. The van der Waals surface area contributed by atoms with E-state index in [9.17, 15) is 8.42 Å². The van der Waals surface area contributed by atoms with E-state index in [2.05, 4.69) is 30.1 Å². The van der Waals surface area contributed by atoms with Crippen molar-refractivity contribution in [2.24, 2.45) is 0 Å². The molecular formula is C20H19N7O2S. The van der Waals surface area contributed by atoms with E-state index < -0.39 is 10.0 Å². The van der Waals surface area contributed by atoms with Gasteiger partial charge in [0.2, 0.25) is 16.0 Å². The monoisotopic (exact) mass is 421 g/mol. The maximum absolute atomic E-state index is 11.3. The minimum atomic E-state index is -3.31. The van der Waals surface area contributed by atoms with Gasteiger partial charge in [-0.1, -0.05) is 12.1 Å². The second-order valence-electron chi connectivity index (χ2n) is 6.63. The third kappa shape index (κ3) is 4.78. The SMILES string of the molecule is Cc1ncn(-c2ccc(Nc3nccc(-c4ccc(NS(C)(=O)=O)cc4)n3)cc2)n1. The summed E-state index contributed by atoms with van der Waals surface area (Å²) in [6.07, 6.45) is 4.45. The Morgan fingerprint density at radius 1 is 0.900 bits per heavy atom. The Morgan fingerprint density at radius 3 is 2.23 bits per heavy atom. The Balaban J connectivity index is 1.49. The van der Waals surface area contributed by atoms with E-state index in [4.69, 9.17) is 0 Å². The van der Waals surface area contributed by atoms with Gasteiger partial charge in [0.15, 0.2) is 0 Å². The molecule has 4 rings (SSSR count). The molecule has 0 aliphatic rings. The number of rotatable bonds is 6. The molecule has 0 spiro atoms. The van der Waals surface area contributed by atoms with Crippen molar-refractivity contribution in [1.29, 1.82) is 0 Å². The Labute approximate surface area is 173 Å². The quantitative estimate of drug-likeness (QED) is 0.491. The molecule has 0 aliphatic heterocycles. The molecule has 2 heterocycles. The Hall–Kier alpha value is -3.79. The van der Waals surface area contributed by atoms with E-state index in [1.807, 2.05) is 31.2 Å². The molecule has 0 saturated heterocycles. The minimum absolute atomic E-state index is 0.454. The number of nitrogens with one attached hydrogen (secondary N) is 2. The van der Waals surface area contributed by atoms with Crippen LogP contribution in [0.1, 0.15) is 5.82 Å². The van der Waals surface area contributed by atoms with Gasteiger partial charge in [-0.15, -0.1) is 0 Å². The second-order valence-corrected chi connectivity index (χ2v) is 8.37. The van der Waals surface area contributed by atoms with Gasteiger partial charge in [0, 0.05) is 23.1 Å². The normalized spacial score (nSPS) is 11.3. The van der Waals surface area contributed by atoms with Crippen molar-refractivity contribution >= 4 is 27.3 Å². The van der Waals surface area contributed by atoms with E-state index in [0.29, 0.717) is 23.2 Å². The first-order chi connectivity index (χ1) is 14.4. The fourth-order valence-corrected chi connectivity index (χ4v) is 3.36. The molecule has 0 saturated carbocycles. The van der Waals surface area contributed by atoms with Crippen molar-refractivity contribution in [3.63, 3.8) is 0 Å². The molecule has 0 amide bonds. The van der Waals surface area contributed by atoms with E-state index in [-0.39, 0.29) is 0 Å². The van der Waals surface area contributed by atoms with Crippen molar-refractivity contribution < 1.29 is 8.42 Å². The molecule has 10 heteroatoms. The summed E-state index contributed by atoms with van der Waals surface area (Å²) in [5.41, 5.74) is 3.79. The molecule has 9 nitrogen and oxygen atoms in total. The first kappa shape index (κ1) is 19.5. The number of aromatic nitrogens is 5. The fourth-order valence-electron chi connectivity index (χ4n) is 2.80. The van der Waals surface area contributed by atoms with Crippen LogP contribution in [-0.2, 0) is 10.0 Å². The zero-order valence-electron chi connectivity index (χ0n) is 16.3. The molecule has 4 aromatic rings. The van der Waals surface area contributed by atoms with Gasteiger partial charge in [-0.3, -0.25) is 4.72 Å². The van der Waals surface area contributed by atoms with Gasteiger partial charge in [-0.05, 0) is 49.4 Å². The molecule has 30 heavy (non-hydrogen) atoms. The fraction of sp³-hybridized carbons (Fsp3) is 0.100. The van der Waals surface area contributed by atoms with Crippen molar-refractivity contribution in [2.45, 2.75) is 6.92 Å². The van der Waals surface area contributed by atoms with Crippen LogP contribution in [0, 0.1) is 6.92 Å². The zero-order chi connectivity index (χ0) is 21.1. The number of anilines is 3. The maximum atomic E-state index is 11.3. The van der Waals surface area contributed by atoms with Gasteiger partial charge in [-0.25, -0.2) is 28.1 Å². The summed E-state index contributed by atoms with van der Waals surface area (Å²) in [5.74, 6) is 1.16. The predicted octanol–water partition coefficient (Wildman–Crippen LogP) is 3.15. The number of hydrogen-bond acceptors (Lipinski definition) is 7. The first-order valence-corrected chi connectivity index (χ1v) is 10.9. The van der Waals surface area contributed by atoms with Gasteiger partial charge in [0.05, 0.1) is 17.6 Å². The highest BCUT2D eigenvalue weighted by Crippen LogP contribution is 2.22. The highest BCUT2D eigenvalue weighted by Gasteiger charge is 2.06. The molecule has 152 valence electrons. The van der Waals surface area contributed by atoms with Gasteiger partial charge >= 0.3 is 0 Å². The Morgan fingerprint density at radius 2 is 1.60 bits per heavy atom. The summed E-state index contributed by atoms with van der Waals surface area (Å²) < 4.78 is 26.8. The molecule has 2 N–H and O–H groups in total. The van der Waals surface area contributed by atoms with Crippen molar-refractivity contribution in [1.82, 2.24) is 24.7 Å². The van der Waals surface area contributed by atoms with Crippen LogP contribution in [0.15, 0.2) is 67.1 Å². The van der Waals surface area contributed by atoms with Crippen LogP contribution in [0.2, 0.25) is 0 Å². The Bertz CT molecular complexity index is 1270. The van der Waals surface area contributed by atoms with Crippen LogP contribution < -0.4 is 10.0 Å². The molecule has 2 aromatic heterocycles. The van der Waals surface area contributed by atoms with E-state index in [1.165, 1.54) is 0 Å². The van der Waals surface area contributed by atoms with Crippen LogP contribution in [0.4, 0.5) is 17.3 Å². The summed E-state index contributed by atoms with van der Waals surface area (Å²) in [5, 5.41) is 7.47. The lowest BCUT2D eigenvalue weighted by Crippen LogP contribution is -2.09. The largest absolute Gasteiger partial charge is 0.324 e. The lowest BCUT2D eigenvalue weighted by Gasteiger charge is -2.08. The van der Waals surface area contributed by atoms with Crippen molar-refractivity contribution in [3.8, 4) is 16.9 Å². The van der Waals surface area contributed by atoms with Crippen LogP contribution in [-0.4, -0.2) is 39.4 Å². The van der Waals surface area contributed by atoms with E-state index in [1.54, 1.807) is 47.5 Å². The molecule has 0 fully saturated rings. The maximum Gasteiger partial charge on any atom is 0.229 e. The summed E-state index contributed by atoms with van der Waals surface area (Å²) in [7, 11) is -3.31. The van der Waals surface area contributed by atoms with Crippen LogP contribution >= 0.6 is 0 Å². The molecule has 0 radical (unpaired) electrons. The number of nitrogens with zero attached hydrogens (tertiary/aromatic N) is 5. The molecule has 2 aromatic carbocycles. The summed E-state index contributed by atoms with van der Waals surface area (Å²) >= 11 is 0. The highest BCUT2D eigenvalue weighted by atomic mass is 32.2. The second kappa shape index (κ2) is 7.91. The predicted molar refractivity (Wildman–Crippen MR) is 115 cm³/mol. The van der Waals surface area contributed by atoms with Crippen LogP contribution in [0.5, 0.6) is 0 Å². The van der Waals surface area contributed by atoms with Gasteiger partial charge < -0.3 is 5.32 Å². The van der Waals surface area contributed by atoms with E-state index >= 15 is 0 Å². The molecule has 0 unspecified atom stereocenters. The zero-order valence-corrected chi connectivity index (χ0v) is 17.1. The number of benzene rings is 2. The number of sulfonamides is 1. The standard InChI is InChI=1S/C20H19N7O2S/c1-14-22-13-27(25-14)18-9-7-16(8-10-18)23-20-21-12-11-19(24-20)15-3-5-17(6-4-15)26-30(2,28)29/h3-13,26H,1-2H3,(H,21,23,24). The third-order valence-corrected chi connectivity index (χ3v) is 4.74. The molecule has 0 atom stereocenters. The lowest BCUT2D eigenvalue weighted by atomic mass is 10.1. The van der Waals surface area contributed by atoms with Crippen molar-refractivity contribution in [3.05, 3.63) is 72.9 Å². The van der Waals surface area contributed by atoms with Gasteiger partial charge in [-0.2, -0.15) is 5.10 Å². The average molecular weight is 421 g/mol. The average Bonchev–Trinajstić information content (AvgIpc) is 3.14. The molecular weight excluding hydrogens is 402 g/mol. The lowest BCUT2D eigenvalue weighted by molar-refractivity contribution is 0.607.